The van der Waals surface area contributed by atoms with Gasteiger partial charge in [-0.05, 0) is 48.7 Å². The van der Waals surface area contributed by atoms with Gasteiger partial charge in [0.1, 0.15) is 0 Å². The molecule has 0 radical (unpaired) electrons. The van der Waals surface area contributed by atoms with Crippen molar-refractivity contribution in [3.05, 3.63) is 41.0 Å². The summed E-state index contributed by atoms with van der Waals surface area (Å²) in [6, 6.07) is 7.00. The lowest BCUT2D eigenvalue weighted by atomic mass is 9.66. The molecule has 53 heavy (non-hydrogen) atoms. The smallest absolute Gasteiger partial charge is 0.310 e. The molecule has 0 bridgehead atoms. The van der Waals surface area contributed by atoms with E-state index >= 15 is 0 Å². The van der Waals surface area contributed by atoms with Crippen LogP contribution in [0.1, 0.15) is 151 Å². The molecule has 1 N–H and O–H groups in total. The zero-order valence-corrected chi connectivity index (χ0v) is 33.7. The summed E-state index contributed by atoms with van der Waals surface area (Å²) in [6.45, 7) is 5.96. The average molecular weight is 743 g/mol. The number of carboxylic acid groups (broad SMARTS) is 1. The molecular formula is C43H66O10. The molecule has 0 aromatic heterocycles. The summed E-state index contributed by atoms with van der Waals surface area (Å²) in [5, 5.41) is 8.52. The first-order valence-corrected chi connectivity index (χ1v) is 19.6. The number of carboxylic acids is 1. The highest BCUT2D eigenvalue weighted by Crippen LogP contribution is 2.50. The van der Waals surface area contributed by atoms with Gasteiger partial charge >= 0.3 is 11.9 Å². The normalized spacial score (nSPS) is 16.2. The third kappa shape index (κ3) is 13.8. The lowest BCUT2D eigenvalue weighted by Gasteiger charge is -2.36. The molecule has 0 amide bonds. The van der Waals surface area contributed by atoms with Gasteiger partial charge in [-0.3, -0.25) is 14.4 Å². The molecule has 0 heterocycles. The minimum Gasteiger partial charge on any atom is -0.493 e. The van der Waals surface area contributed by atoms with Crippen LogP contribution in [0.25, 0.3) is 0 Å². The number of rotatable bonds is 24. The second-order valence-corrected chi connectivity index (χ2v) is 13.8. The Hall–Kier alpha value is -3.95. The highest BCUT2D eigenvalue weighted by molar-refractivity contribution is 6.04. The topological polar surface area (TPSA) is 127 Å². The molecule has 2 aromatic carbocycles. The number of carbonyl (C=O) groups excluding carboxylic acids is 2. The molecule has 2 aromatic rings. The maximum Gasteiger partial charge on any atom is 0.310 e. The number of carbonyl (C=O) groups is 3. The maximum absolute atomic E-state index is 13.4. The van der Waals surface area contributed by atoms with Crippen LogP contribution in [-0.2, 0) is 14.3 Å². The van der Waals surface area contributed by atoms with Gasteiger partial charge in [0, 0.05) is 23.8 Å². The van der Waals surface area contributed by atoms with Gasteiger partial charge in [-0.1, -0.05) is 104 Å². The summed E-state index contributed by atoms with van der Waals surface area (Å²) in [4.78, 5) is 36.8. The van der Waals surface area contributed by atoms with Gasteiger partial charge in [-0.25, -0.2) is 0 Å². The zero-order valence-electron chi connectivity index (χ0n) is 33.7. The molecule has 298 valence electrons. The van der Waals surface area contributed by atoms with E-state index in [1.807, 2.05) is 0 Å². The summed E-state index contributed by atoms with van der Waals surface area (Å²) in [7, 11) is 7.61. The van der Waals surface area contributed by atoms with Gasteiger partial charge in [0.25, 0.3) is 0 Å². The first-order valence-electron chi connectivity index (χ1n) is 19.6. The van der Waals surface area contributed by atoms with Crippen LogP contribution in [0, 0.1) is 11.8 Å². The van der Waals surface area contributed by atoms with E-state index in [1.165, 1.54) is 119 Å². The van der Waals surface area contributed by atoms with Gasteiger partial charge in [0.05, 0.1) is 48.1 Å². The van der Waals surface area contributed by atoms with Crippen LogP contribution in [0.15, 0.2) is 24.3 Å². The summed E-state index contributed by atoms with van der Waals surface area (Å²) in [5.41, 5.74) is 1.83. The number of aliphatic carboxylic acids is 1. The predicted octanol–water partition coefficient (Wildman–Crippen LogP) is 10.2. The Kier molecular flexibility index (Phi) is 21.4. The van der Waals surface area contributed by atoms with Crippen molar-refractivity contribution < 1.29 is 47.9 Å². The van der Waals surface area contributed by atoms with Crippen LogP contribution in [0.2, 0.25) is 0 Å². The van der Waals surface area contributed by atoms with E-state index in [0.29, 0.717) is 46.3 Å². The van der Waals surface area contributed by atoms with E-state index in [4.69, 9.17) is 33.5 Å². The second kappa shape index (κ2) is 25.1. The second-order valence-electron chi connectivity index (χ2n) is 13.8. The van der Waals surface area contributed by atoms with E-state index in [2.05, 4.69) is 6.92 Å². The van der Waals surface area contributed by atoms with Crippen LogP contribution >= 0.6 is 0 Å². The number of unbranched alkanes of at least 4 members (excludes halogenated alkanes) is 14. The monoisotopic (exact) mass is 742 g/mol. The Morgan fingerprint density at radius 1 is 0.623 bits per heavy atom. The first kappa shape index (κ1) is 45.2. The van der Waals surface area contributed by atoms with E-state index in [0.717, 1.165) is 18.4 Å². The molecule has 10 heteroatoms. The van der Waals surface area contributed by atoms with Crippen molar-refractivity contribution in [3.8, 4) is 28.7 Å². The number of ether oxygens (including phenoxy) is 6. The third-order valence-electron chi connectivity index (χ3n) is 10.1. The SMILES string of the molecule is CCCCCCCCCCCCCCCCCC(=O)O.CCOC(=O)C1C(C)C(=O)c2cc(OC)c(OC)cc2C1c1cc(OC)c(OC)c(OC)c1. The number of esters is 1. The lowest BCUT2D eigenvalue weighted by molar-refractivity contribution is -0.150. The van der Waals surface area contributed by atoms with E-state index in [1.54, 1.807) is 38.1 Å². The van der Waals surface area contributed by atoms with Crippen LogP contribution in [0.4, 0.5) is 0 Å². The zero-order chi connectivity index (χ0) is 39.2. The van der Waals surface area contributed by atoms with Crippen molar-refractivity contribution in [1.82, 2.24) is 0 Å². The summed E-state index contributed by atoms with van der Waals surface area (Å²) in [5.74, 6) is -0.950. The number of Topliss-reactive ketones (excluding diaryl/α,β-unsaturated/α-hetero) is 1. The highest BCUT2D eigenvalue weighted by atomic mass is 16.5. The minimum absolute atomic E-state index is 0.160. The number of hydrogen-bond acceptors (Lipinski definition) is 9. The van der Waals surface area contributed by atoms with E-state index in [9.17, 15) is 14.4 Å². The number of ketones is 1. The quantitative estimate of drug-likeness (QED) is 0.0820. The molecule has 0 fully saturated rings. The van der Waals surface area contributed by atoms with Crippen molar-refractivity contribution in [1.29, 1.82) is 0 Å². The number of methoxy groups -OCH3 is 5. The molecule has 1 aliphatic carbocycles. The molecule has 1 aliphatic rings. The Bertz CT molecular complexity index is 1380. The Morgan fingerprint density at radius 2 is 1.08 bits per heavy atom. The van der Waals surface area contributed by atoms with Gasteiger partial charge in [0.2, 0.25) is 5.75 Å². The highest BCUT2D eigenvalue weighted by Gasteiger charge is 2.46. The Morgan fingerprint density at radius 3 is 1.49 bits per heavy atom. The fraction of sp³-hybridized carbons (Fsp3) is 0.651. The third-order valence-corrected chi connectivity index (χ3v) is 10.1. The molecular weight excluding hydrogens is 676 g/mol. The first-order chi connectivity index (χ1) is 25.6. The van der Waals surface area contributed by atoms with Gasteiger partial charge in [-0.15, -0.1) is 0 Å². The number of hydrogen-bond donors (Lipinski definition) is 1. The maximum atomic E-state index is 13.4. The summed E-state index contributed by atoms with van der Waals surface area (Å²) < 4.78 is 32.8. The summed E-state index contributed by atoms with van der Waals surface area (Å²) >= 11 is 0. The predicted molar refractivity (Wildman–Crippen MR) is 208 cm³/mol. The Balaban J connectivity index is 0.000000419. The van der Waals surface area contributed by atoms with Gasteiger partial charge < -0.3 is 33.5 Å². The number of fused-ring (bicyclic) bond motifs is 1. The lowest BCUT2D eigenvalue weighted by Crippen LogP contribution is -2.39. The van der Waals surface area contributed by atoms with Crippen molar-refractivity contribution in [2.75, 3.05) is 42.2 Å². The van der Waals surface area contributed by atoms with Gasteiger partial charge in [0.15, 0.2) is 28.8 Å². The molecule has 3 rings (SSSR count). The van der Waals surface area contributed by atoms with Crippen LogP contribution in [0.5, 0.6) is 28.7 Å². The molecule has 0 spiro atoms. The molecule has 10 nitrogen and oxygen atoms in total. The van der Waals surface area contributed by atoms with Crippen molar-refractivity contribution in [2.45, 2.75) is 129 Å². The molecule has 0 saturated heterocycles. The van der Waals surface area contributed by atoms with Crippen LogP contribution in [-0.4, -0.2) is 65.0 Å². The van der Waals surface area contributed by atoms with E-state index in [-0.39, 0.29) is 12.4 Å². The minimum atomic E-state index is -0.758. The standard InChI is InChI=1S/C25H30O8.C18H36O2/c1-8-33-25(27)21-13(2)23(26)16-12-18(29-4)17(28-3)11-15(16)22(21)14-9-19(30-5)24(32-7)20(10-14)31-6;1-2-3-4-5-6-7-8-9-10-11-12-13-14-15-16-17-18(19)20/h9-13,21-22H,8H2,1-7H3;2-17H2,1H3,(H,19,20). The fourth-order valence-electron chi connectivity index (χ4n) is 7.15. The van der Waals surface area contributed by atoms with Gasteiger partial charge in [-0.2, -0.15) is 0 Å². The molecule has 3 atom stereocenters. The average Bonchev–Trinajstić information content (AvgIpc) is 3.16. The van der Waals surface area contributed by atoms with Crippen LogP contribution < -0.4 is 23.7 Å². The van der Waals surface area contributed by atoms with E-state index < -0.39 is 29.7 Å². The van der Waals surface area contributed by atoms with Crippen molar-refractivity contribution in [2.24, 2.45) is 11.8 Å². The fourth-order valence-corrected chi connectivity index (χ4v) is 7.15. The largest absolute Gasteiger partial charge is 0.493 e. The van der Waals surface area contributed by atoms with Crippen LogP contribution in [0.3, 0.4) is 0 Å². The molecule has 0 saturated carbocycles. The summed E-state index contributed by atoms with van der Waals surface area (Å²) in [6.07, 6.45) is 20.2. The van der Waals surface area contributed by atoms with Crippen molar-refractivity contribution in [3.63, 3.8) is 0 Å². The van der Waals surface area contributed by atoms with Crippen molar-refractivity contribution >= 4 is 17.7 Å². The Labute approximate surface area is 318 Å². The number of benzene rings is 2. The molecule has 3 unspecified atom stereocenters. The molecule has 0 aliphatic heterocycles.